The summed E-state index contributed by atoms with van der Waals surface area (Å²) in [5.41, 5.74) is 7.16. The molecular weight excluding hydrogens is 344 g/mol. The molecule has 0 spiro atoms. The zero-order valence-corrected chi connectivity index (χ0v) is 13.5. The van der Waals surface area contributed by atoms with Gasteiger partial charge in [0.1, 0.15) is 6.04 Å². The highest BCUT2D eigenvalue weighted by atomic mass is 79.9. The molecule has 1 unspecified atom stereocenters. The maximum atomic E-state index is 11.7. The third-order valence-electron chi connectivity index (χ3n) is 2.57. The van der Waals surface area contributed by atoms with E-state index >= 15 is 0 Å². The molecule has 0 saturated carbocycles. The molecule has 1 aromatic rings. The lowest BCUT2D eigenvalue weighted by atomic mass is 10.2. The fourth-order valence-corrected chi connectivity index (χ4v) is 2.49. The molecule has 1 rings (SSSR count). The van der Waals surface area contributed by atoms with Crippen LogP contribution in [0.1, 0.15) is 12.0 Å². The SMILES string of the molecule is Cc1cc(NC(=O)CSCCC(N)C(=O)O)ccc1Br. The van der Waals surface area contributed by atoms with Gasteiger partial charge in [0.05, 0.1) is 5.75 Å². The number of benzene rings is 1. The summed E-state index contributed by atoms with van der Waals surface area (Å²) in [4.78, 5) is 22.2. The Kier molecular flexibility index (Phi) is 7.04. The minimum Gasteiger partial charge on any atom is -0.480 e. The van der Waals surface area contributed by atoms with E-state index in [1.54, 1.807) is 0 Å². The predicted molar refractivity (Wildman–Crippen MR) is 85.1 cm³/mol. The fourth-order valence-electron chi connectivity index (χ4n) is 1.42. The average molecular weight is 361 g/mol. The first-order valence-electron chi connectivity index (χ1n) is 6.02. The summed E-state index contributed by atoms with van der Waals surface area (Å²) < 4.78 is 0.993. The number of rotatable bonds is 7. The van der Waals surface area contributed by atoms with Crippen molar-refractivity contribution in [3.8, 4) is 0 Å². The number of nitrogens with two attached hydrogens (primary N) is 1. The Morgan fingerprint density at radius 1 is 1.50 bits per heavy atom. The third kappa shape index (κ3) is 5.94. The van der Waals surface area contributed by atoms with E-state index in [-0.39, 0.29) is 11.7 Å². The van der Waals surface area contributed by atoms with Crippen LogP contribution < -0.4 is 11.1 Å². The number of amides is 1. The summed E-state index contributed by atoms with van der Waals surface area (Å²) in [5, 5.41) is 11.4. The number of carboxylic acids is 1. The smallest absolute Gasteiger partial charge is 0.320 e. The largest absolute Gasteiger partial charge is 0.480 e. The molecule has 0 aromatic heterocycles. The van der Waals surface area contributed by atoms with Gasteiger partial charge in [-0.3, -0.25) is 9.59 Å². The van der Waals surface area contributed by atoms with Gasteiger partial charge in [0.25, 0.3) is 0 Å². The second-order valence-corrected chi connectivity index (χ2v) is 6.26. The Balaban J connectivity index is 2.30. The molecule has 4 N–H and O–H groups in total. The van der Waals surface area contributed by atoms with Crippen molar-refractivity contribution in [1.29, 1.82) is 0 Å². The summed E-state index contributed by atoms with van der Waals surface area (Å²) in [7, 11) is 0. The van der Waals surface area contributed by atoms with Crippen molar-refractivity contribution in [3.05, 3.63) is 28.2 Å². The van der Waals surface area contributed by atoms with Crippen LogP contribution in [0.2, 0.25) is 0 Å². The molecule has 110 valence electrons. The number of anilines is 1. The number of aryl methyl sites for hydroxylation is 1. The van der Waals surface area contributed by atoms with Crippen molar-refractivity contribution in [1.82, 2.24) is 0 Å². The van der Waals surface area contributed by atoms with Crippen LogP contribution in [-0.4, -0.2) is 34.5 Å². The minimum absolute atomic E-state index is 0.111. The van der Waals surface area contributed by atoms with Crippen molar-refractivity contribution in [2.75, 3.05) is 16.8 Å². The van der Waals surface area contributed by atoms with E-state index in [9.17, 15) is 9.59 Å². The second kappa shape index (κ2) is 8.28. The zero-order chi connectivity index (χ0) is 15.1. The number of carboxylic acid groups (broad SMARTS) is 1. The van der Waals surface area contributed by atoms with Crippen molar-refractivity contribution < 1.29 is 14.7 Å². The van der Waals surface area contributed by atoms with E-state index < -0.39 is 12.0 Å². The van der Waals surface area contributed by atoms with Crippen LogP contribution in [0.4, 0.5) is 5.69 Å². The molecule has 0 fully saturated rings. The standard InChI is InChI=1S/C13H17BrN2O3S/c1-8-6-9(2-3-10(8)14)16-12(17)7-20-5-4-11(15)13(18)19/h2-3,6,11H,4-5,7,15H2,1H3,(H,16,17)(H,18,19). The highest BCUT2D eigenvalue weighted by Gasteiger charge is 2.11. The Hall–Kier alpha value is -1.05. The highest BCUT2D eigenvalue weighted by molar-refractivity contribution is 9.10. The topological polar surface area (TPSA) is 92.4 Å². The maximum Gasteiger partial charge on any atom is 0.320 e. The Labute approximate surface area is 130 Å². The van der Waals surface area contributed by atoms with Crippen LogP contribution in [0.15, 0.2) is 22.7 Å². The molecule has 7 heteroatoms. The van der Waals surface area contributed by atoms with E-state index in [4.69, 9.17) is 10.8 Å². The number of aliphatic carboxylic acids is 1. The van der Waals surface area contributed by atoms with Crippen LogP contribution in [0.25, 0.3) is 0 Å². The van der Waals surface area contributed by atoms with Gasteiger partial charge in [0.2, 0.25) is 5.91 Å². The van der Waals surface area contributed by atoms with Gasteiger partial charge in [0.15, 0.2) is 0 Å². The summed E-state index contributed by atoms with van der Waals surface area (Å²) in [6, 6.07) is 4.72. The van der Waals surface area contributed by atoms with E-state index in [2.05, 4.69) is 21.2 Å². The van der Waals surface area contributed by atoms with Crippen molar-refractivity contribution in [2.24, 2.45) is 5.73 Å². The van der Waals surface area contributed by atoms with Crippen LogP contribution in [-0.2, 0) is 9.59 Å². The van der Waals surface area contributed by atoms with Gasteiger partial charge in [-0.1, -0.05) is 15.9 Å². The molecule has 1 amide bonds. The summed E-state index contributed by atoms with van der Waals surface area (Å²) in [6.07, 6.45) is 0.352. The maximum absolute atomic E-state index is 11.7. The van der Waals surface area contributed by atoms with Gasteiger partial charge in [-0.15, -0.1) is 0 Å². The summed E-state index contributed by atoms with van der Waals surface area (Å²) in [5.74, 6) is -0.303. The number of hydrogen-bond donors (Lipinski definition) is 3. The Bertz CT molecular complexity index is 497. The average Bonchev–Trinajstić information content (AvgIpc) is 2.38. The van der Waals surface area contributed by atoms with Crippen LogP contribution in [0.5, 0.6) is 0 Å². The van der Waals surface area contributed by atoms with E-state index in [0.717, 1.165) is 15.7 Å². The molecule has 1 aromatic carbocycles. The van der Waals surface area contributed by atoms with Gasteiger partial charge in [-0.25, -0.2) is 0 Å². The number of carbonyl (C=O) groups excluding carboxylic acids is 1. The molecule has 0 saturated heterocycles. The Morgan fingerprint density at radius 2 is 2.20 bits per heavy atom. The number of carbonyl (C=O) groups is 2. The van der Waals surface area contributed by atoms with Crippen LogP contribution >= 0.6 is 27.7 Å². The van der Waals surface area contributed by atoms with E-state index in [1.165, 1.54) is 11.8 Å². The monoisotopic (exact) mass is 360 g/mol. The van der Waals surface area contributed by atoms with Gasteiger partial charge in [-0.2, -0.15) is 11.8 Å². The number of thioether (sulfide) groups is 1. The van der Waals surface area contributed by atoms with Gasteiger partial charge >= 0.3 is 5.97 Å². The molecule has 0 radical (unpaired) electrons. The summed E-state index contributed by atoms with van der Waals surface area (Å²) >= 11 is 4.76. The third-order valence-corrected chi connectivity index (χ3v) is 4.45. The number of hydrogen-bond acceptors (Lipinski definition) is 4. The molecule has 0 aliphatic rings. The lowest BCUT2D eigenvalue weighted by Crippen LogP contribution is -2.30. The molecular formula is C13H17BrN2O3S. The molecule has 0 heterocycles. The zero-order valence-electron chi connectivity index (χ0n) is 11.1. The van der Waals surface area contributed by atoms with Gasteiger partial charge in [0, 0.05) is 10.2 Å². The Morgan fingerprint density at radius 3 is 2.80 bits per heavy atom. The number of halogens is 1. The lowest BCUT2D eigenvalue weighted by molar-refractivity contribution is -0.138. The molecule has 0 bridgehead atoms. The second-order valence-electron chi connectivity index (χ2n) is 4.30. The van der Waals surface area contributed by atoms with Gasteiger partial charge < -0.3 is 16.2 Å². The number of nitrogens with one attached hydrogen (secondary N) is 1. The molecule has 0 aliphatic carbocycles. The molecule has 1 atom stereocenters. The van der Waals surface area contributed by atoms with Crippen LogP contribution in [0, 0.1) is 6.92 Å². The molecule has 0 aliphatic heterocycles. The van der Waals surface area contributed by atoms with Crippen LogP contribution in [0.3, 0.4) is 0 Å². The molecule has 5 nitrogen and oxygen atoms in total. The highest BCUT2D eigenvalue weighted by Crippen LogP contribution is 2.20. The van der Waals surface area contributed by atoms with Crippen molar-refractivity contribution in [3.63, 3.8) is 0 Å². The van der Waals surface area contributed by atoms with Gasteiger partial charge in [-0.05, 0) is 42.9 Å². The first-order chi connectivity index (χ1) is 9.40. The lowest BCUT2D eigenvalue weighted by Gasteiger charge is -2.08. The first-order valence-corrected chi connectivity index (χ1v) is 7.97. The minimum atomic E-state index is -1.01. The normalized spacial score (nSPS) is 11.9. The molecule has 20 heavy (non-hydrogen) atoms. The fraction of sp³-hybridized carbons (Fsp3) is 0.385. The van der Waals surface area contributed by atoms with Crippen molar-refractivity contribution >= 4 is 45.3 Å². The van der Waals surface area contributed by atoms with Crippen molar-refractivity contribution in [2.45, 2.75) is 19.4 Å². The van der Waals surface area contributed by atoms with E-state index in [1.807, 2.05) is 25.1 Å². The van der Waals surface area contributed by atoms with E-state index in [0.29, 0.717) is 12.2 Å². The summed E-state index contributed by atoms with van der Waals surface area (Å²) in [6.45, 7) is 1.95. The quantitative estimate of drug-likeness (QED) is 0.648. The first kappa shape index (κ1) is 17.0. The predicted octanol–water partition coefficient (Wildman–Crippen LogP) is 2.23.